The normalized spacial score (nSPS) is 34.7. The van der Waals surface area contributed by atoms with Gasteiger partial charge in [-0.1, -0.05) is 21.1 Å². The zero-order valence-electron chi connectivity index (χ0n) is 14.2. The summed E-state index contributed by atoms with van der Waals surface area (Å²) in [6.07, 6.45) is 9.89. The third-order valence-electron chi connectivity index (χ3n) is 6.12. The Kier molecular flexibility index (Phi) is 3.60. The van der Waals surface area contributed by atoms with E-state index in [-0.39, 0.29) is 21.7 Å². The van der Waals surface area contributed by atoms with Crippen LogP contribution in [-0.2, 0) is 4.79 Å². The molecule has 26 heavy (non-hydrogen) atoms. The summed E-state index contributed by atoms with van der Waals surface area (Å²) < 4.78 is 5.34. The van der Waals surface area contributed by atoms with Crippen molar-refractivity contribution in [2.75, 3.05) is 5.43 Å². The highest BCUT2D eigenvalue weighted by molar-refractivity contribution is 9.10. The van der Waals surface area contributed by atoms with Gasteiger partial charge in [0.15, 0.2) is 0 Å². The van der Waals surface area contributed by atoms with Gasteiger partial charge in [-0.15, -0.1) is 0 Å². The maximum Gasteiger partial charge on any atom is 0.340 e. The second kappa shape index (κ2) is 5.77. The molecule has 4 saturated carbocycles. The van der Waals surface area contributed by atoms with Crippen LogP contribution in [0.1, 0.15) is 38.5 Å². The number of hydrogen-bond donors (Lipinski definition) is 2. The summed E-state index contributed by atoms with van der Waals surface area (Å²) in [7, 11) is 0. The van der Waals surface area contributed by atoms with E-state index < -0.39 is 0 Å². The number of halogens is 1. The molecule has 6 rings (SSSR count). The van der Waals surface area contributed by atoms with Crippen molar-refractivity contribution >= 4 is 27.9 Å². The molecule has 136 valence electrons. The summed E-state index contributed by atoms with van der Waals surface area (Å²) in [6.45, 7) is 0. The lowest BCUT2D eigenvalue weighted by atomic mass is 9.49. The van der Waals surface area contributed by atoms with Crippen LogP contribution in [0.25, 0.3) is 11.4 Å². The number of carbonyl (C=O) groups excluding carboxylic acids is 1. The average molecular weight is 418 g/mol. The van der Waals surface area contributed by atoms with Gasteiger partial charge in [-0.3, -0.25) is 15.2 Å². The first-order valence-corrected chi connectivity index (χ1v) is 9.82. The number of aromatic nitrogens is 3. The summed E-state index contributed by atoms with van der Waals surface area (Å²) in [5.41, 5.74) is 6.15. The molecule has 7 nitrogen and oxygen atoms in total. The largest absolute Gasteiger partial charge is 0.340 e. The van der Waals surface area contributed by atoms with Crippen molar-refractivity contribution < 1.29 is 9.32 Å². The second-order valence-electron chi connectivity index (χ2n) is 8.13. The Balaban J connectivity index is 1.28. The smallest absolute Gasteiger partial charge is 0.313 e. The van der Waals surface area contributed by atoms with Crippen LogP contribution in [0.4, 0.5) is 6.01 Å². The average Bonchev–Trinajstić information content (AvgIpc) is 3.07. The molecule has 4 bridgehead atoms. The third-order valence-corrected chi connectivity index (χ3v) is 7.05. The molecule has 2 heterocycles. The molecular weight excluding hydrogens is 398 g/mol. The molecule has 2 aromatic rings. The standard InChI is InChI=1S/C18H20BrN5O2/c19-18-8-11-5-12(9-18)7-17(6-11,10-18)15(25)22-23-16-21-14(24-26-16)13-1-3-20-4-2-13/h1-4,11-12H,5-10H2,(H,22,25)(H,21,23,24). The maximum absolute atomic E-state index is 13.0. The number of amides is 1. The predicted octanol–water partition coefficient (Wildman–Crippen LogP) is 3.31. The van der Waals surface area contributed by atoms with E-state index in [9.17, 15) is 4.79 Å². The van der Waals surface area contributed by atoms with Crippen molar-refractivity contribution in [1.82, 2.24) is 20.6 Å². The molecule has 0 aliphatic heterocycles. The van der Waals surface area contributed by atoms with Crippen molar-refractivity contribution in [3.63, 3.8) is 0 Å². The molecule has 0 aromatic carbocycles. The fourth-order valence-electron chi connectivity index (χ4n) is 5.55. The number of nitrogens with zero attached hydrogens (tertiary/aromatic N) is 3. The number of hydrazine groups is 1. The Morgan fingerprint density at radius 1 is 1.19 bits per heavy atom. The number of rotatable bonds is 4. The van der Waals surface area contributed by atoms with Gasteiger partial charge in [-0.05, 0) is 62.5 Å². The first-order chi connectivity index (χ1) is 12.5. The first kappa shape index (κ1) is 16.2. The van der Waals surface area contributed by atoms with E-state index in [2.05, 4.69) is 41.9 Å². The Morgan fingerprint density at radius 2 is 1.92 bits per heavy atom. The molecule has 4 aliphatic rings. The van der Waals surface area contributed by atoms with Crippen LogP contribution in [0.15, 0.2) is 29.0 Å². The van der Waals surface area contributed by atoms with Gasteiger partial charge >= 0.3 is 6.01 Å². The lowest BCUT2D eigenvalue weighted by Gasteiger charge is -2.59. The van der Waals surface area contributed by atoms with E-state index in [1.807, 2.05) is 0 Å². The quantitative estimate of drug-likeness (QED) is 0.585. The number of nitrogens with one attached hydrogen (secondary N) is 2. The summed E-state index contributed by atoms with van der Waals surface area (Å²) in [5, 5.41) is 3.93. The fraction of sp³-hybridized carbons (Fsp3) is 0.556. The van der Waals surface area contributed by atoms with Crippen LogP contribution >= 0.6 is 15.9 Å². The fourth-order valence-corrected chi connectivity index (χ4v) is 7.00. The SMILES string of the molecule is O=C(NNc1nc(-c2ccncc2)no1)C12CC3CC(CC(Br)(C3)C1)C2. The van der Waals surface area contributed by atoms with Gasteiger partial charge in [0.1, 0.15) is 0 Å². The zero-order chi connectivity index (χ0) is 17.8. The number of anilines is 1. The topological polar surface area (TPSA) is 92.9 Å². The Bertz CT molecular complexity index is 825. The van der Waals surface area contributed by atoms with Crippen molar-refractivity contribution in [3.05, 3.63) is 24.5 Å². The molecule has 8 heteroatoms. The lowest BCUT2D eigenvalue weighted by molar-refractivity contribution is -0.143. The molecule has 1 amide bonds. The number of hydrogen-bond acceptors (Lipinski definition) is 6. The van der Waals surface area contributed by atoms with Crippen LogP contribution in [0.5, 0.6) is 0 Å². The first-order valence-electron chi connectivity index (χ1n) is 9.03. The number of pyridine rings is 1. The van der Waals surface area contributed by atoms with E-state index in [1.165, 1.54) is 19.3 Å². The summed E-state index contributed by atoms with van der Waals surface area (Å²) in [4.78, 5) is 21.2. The summed E-state index contributed by atoms with van der Waals surface area (Å²) in [6, 6.07) is 3.79. The van der Waals surface area contributed by atoms with Crippen molar-refractivity contribution in [1.29, 1.82) is 0 Å². The minimum absolute atomic E-state index is 0.0408. The molecule has 2 aromatic heterocycles. The van der Waals surface area contributed by atoms with Gasteiger partial charge in [-0.25, -0.2) is 5.43 Å². The number of alkyl halides is 1. The van der Waals surface area contributed by atoms with Crippen LogP contribution in [0.3, 0.4) is 0 Å². The van der Waals surface area contributed by atoms with Gasteiger partial charge in [0.05, 0.1) is 5.41 Å². The van der Waals surface area contributed by atoms with Gasteiger partial charge in [0.25, 0.3) is 0 Å². The van der Waals surface area contributed by atoms with Gasteiger partial charge in [0.2, 0.25) is 11.7 Å². The van der Waals surface area contributed by atoms with E-state index in [0.29, 0.717) is 17.7 Å². The molecule has 2 N–H and O–H groups in total. The van der Waals surface area contributed by atoms with Gasteiger partial charge in [0, 0.05) is 22.3 Å². The highest BCUT2D eigenvalue weighted by Gasteiger charge is 2.59. The van der Waals surface area contributed by atoms with Gasteiger partial charge in [-0.2, -0.15) is 4.98 Å². The third kappa shape index (κ3) is 2.71. The molecule has 2 unspecified atom stereocenters. The molecule has 2 atom stereocenters. The molecule has 4 fully saturated rings. The highest BCUT2D eigenvalue weighted by Crippen LogP contribution is 2.64. The minimum Gasteiger partial charge on any atom is -0.313 e. The predicted molar refractivity (Wildman–Crippen MR) is 98.1 cm³/mol. The van der Waals surface area contributed by atoms with Crippen LogP contribution < -0.4 is 10.9 Å². The van der Waals surface area contributed by atoms with Crippen LogP contribution in [0.2, 0.25) is 0 Å². The molecular formula is C18H20BrN5O2. The van der Waals surface area contributed by atoms with E-state index in [1.54, 1.807) is 24.5 Å². The van der Waals surface area contributed by atoms with Gasteiger partial charge < -0.3 is 4.52 Å². The second-order valence-corrected chi connectivity index (χ2v) is 9.81. The van der Waals surface area contributed by atoms with Crippen molar-refractivity contribution in [3.8, 4) is 11.4 Å². The van der Waals surface area contributed by atoms with E-state index in [4.69, 9.17) is 4.52 Å². The minimum atomic E-state index is -0.283. The maximum atomic E-state index is 13.0. The molecule has 4 aliphatic carbocycles. The van der Waals surface area contributed by atoms with Crippen LogP contribution in [-0.4, -0.2) is 25.4 Å². The lowest BCUT2D eigenvalue weighted by Crippen LogP contribution is -2.58. The highest BCUT2D eigenvalue weighted by atomic mass is 79.9. The Labute approximate surface area is 159 Å². The van der Waals surface area contributed by atoms with Crippen molar-refractivity contribution in [2.45, 2.75) is 42.8 Å². The molecule has 0 saturated heterocycles. The Morgan fingerprint density at radius 3 is 2.62 bits per heavy atom. The molecule has 0 radical (unpaired) electrons. The van der Waals surface area contributed by atoms with Crippen molar-refractivity contribution in [2.24, 2.45) is 17.3 Å². The summed E-state index contributed by atoms with van der Waals surface area (Å²) >= 11 is 3.94. The number of carbonyl (C=O) groups is 1. The zero-order valence-corrected chi connectivity index (χ0v) is 15.8. The molecule has 0 spiro atoms. The summed E-state index contributed by atoms with van der Waals surface area (Å²) in [5.74, 6) is 1.81. The van der Waals surface area contributed by atoms with E-state index >= 15 is 0 Å². The van der Waals surface area contributed by atoms with Crippen LogP contribution in [0, 0.1) is 17.3 Å². The Hall–Kier alpha value is -1.96. The monoisotopic (exact) mass is 417 g/mol. The van der Waals surface area contributed by atoms with E-state index in [0.717, 1.165) is 24.8 Å².